The Bertz CT molecular complexity index is 459. The topological polar surface area (TPSA) is 30.5 Å². The van der Waals surface area contributed by atoms with Crippen LogP contribution in [0.3, 0.4) is 0 Å². The van der Waals surface area contributed by atoms with Gasteiger partial charge in [0.15, 0.2) is 11.5 Å². The molecule has 1 saturated carbocycles. The molecule has 1 aliphatic carbocycles. The van der Waals surface area contributed by atoms with Crippen molar-refractivity contribution in [2.75, 3.05) is 19.5 Å². The highest BCUT2D eigenvalue weighted by Crippen LogP contribution is 2.36. The first-order chi connectivity index (χ1) is 9.55. The van der Waals surface area contributed by atoms with E-state index in [1.165, 1.54) is 24.8 Å². The van der Waals surface area contributed by atoms with Crippen molar-refractivity contribution < 1.29 is 9.47 Å². The van der Waals surface area contributed by atoms with Crippen molar-refractivity contribution in [2.45, 2.75) is 46.1 Å². The summed E-state index contributed by atoms with van der Waals surface area (Å²) in [7, 11) is 3.36. The monoisotopic (exact) mass is 277 g/mol. The maximum absolute atomic E-state index is 5.40. The van der Waals surface area contributed by atoms with Gasteiger partial charge in [0.25, 0.3) is 0 Å². The molecule has 0 bridgehead atoms. The number of anilines is 1. The standard InChI is InChI=1S/C17H27NO2/c1-11-6-7-14(12(2)8-11)18-15-10-17(20-5)16(19-4)9-13(15)3/h9-12,14,18H,6-8H2,1-5H3. The van der Waals surface area contributed by atoms with E-state index >= 15 is 0 Å². The maximum Gasteiger partial charge on any atom is 0.162 e. The van der Waals surface area contributed by atoms with Crippen LogP contribution in [-0.2, 0) is 0 Å². The number of hydrogen-bond donors (Lipinski definition) is 1. The first-order valence-corrected chi connectivity index (χ1v) is 7.54. The van der Waals surface area contributed by atoms with Crippen molar-refractivity contribution in [3.05, 3.63) is 17.7 Å². The molecule has 1 aliphatic rings. The van der Waals surface area contributed by atoms with Gasteiger partial charge in [0.05, 0.1) is 14.2 Å². The van der Waals surface area contributed by atoms with E-state index in [1.54, 1.807) is 14.2 Å². The molecule has 2 rings (SSSR count). The Hall–Kier alpha value is -1.38. The van der Waals surface area contributed by atoms with E-state index in [0.717, 1.165) is 23.1 Å². The van der Waals surface area contributed by atoms with Gasteiger partial charge >= 0.3 is 0 Å². The SMILES string of the molecule is COc1cc(C)c(NC2CCC(C)CC2C)cc1OC. The molecule has 0 spiro atoms. The van der Waals surface area contributed by atoms with Crippen LogP contribution < -0.4 is 14.8 Å². The summed E-state index contributed by atoms with van der Waals surface area (Å²) >= 11 is 0. The highest BCUT2D eigenvalue weighted by atomic mass is 16.5. The Balaban J connectivity index is 2.16. The molecule has 112 valence electrons. The van der Waals surface area contributed by atoms with Crippen molar-refractivity contribution in [3.63, 3.8) is 0 Å². The Morgan fingerprint density at radius 3 is 2.30 bits per heavy atom. The molecule has 3 atom stereocenters. The van der Waals surface area contributed by atoms with Crippen LogP contribution in [-0.4, -0.2) is 20.3 Å². The predicted octanol–water partition coefficient (Wildman–Crippen LogP) is 4.25. The van der Waals surface area contributed by atoms with Crippen LogP contribution in [0.4, 0.5) is 5.69 Å². The molecule has 0 radical (unpaired) electrons. The largest absolute Gasteiger partial charge is 0.493 e. The van der Waals surface area contributed by atoms with Gasteiger partial charge < -0.3 is 14.8 Å². The molecule has 1 fully saturated rings. The fraction of sp³-hybridized carbons (Fsp3) is 0.647. The molecule has 0 amide bonds. The summed E-state index contributed by atoms with van der Waals surface area (Å²) in [4.78, 5) is 0. The zero-order chi connectivity index (χ0) is 14.7. The van der Waals surface area contributed by atoms with Gasteiger partial charge in [0.2, 0.25) is 0 Å². The van der Waals surface area contributed by atoms with Crippen molar-refractivity contribution >= 4 is 5.69 Å². The second-order valence-electron chi connectivity index (χ2n) is 6.17. The summed E-state index contributed by atoms with van der Waals surface area (Å²) in [5.41, 5.74) is 2.36. The summed E-state index contributed by atoms with van der Waals surface area (Å²) in [5.74, 6) is 3.15. The van der Waals surface area contributed by atoms with Gasteiger partial charge in [-0.05, 0) is 49.7 Å². The van der Waals surface area contributed by atoms with Gasteiger partial charge in [0, 0.05) is 17.8 Å². The van der Waals surface area contributed by atoms with E-state index in [1.807, 2.05) is 6.07 Å². The second-order valence-corrected chi connectivity index (χ2v) is 6.17. The fourth-order valence-corrected chi connectivity index (χ4v) is 3.22. The molecule has 1 aromatic carbocycles. The first-order valence-electron chi connectivity index (χ1n) is 7.54. The molecule has 3 nitrogen and oxygen atoms in total. The summed E-state index contributed by atoms with van der Waals surface area (Å²) in [5, 5.41) is 3.71. The lowest BCUT2D eigenvalue weighted by Gasteiger charge is -2.34. The summed E-state index contributed by atoms with van der Waals surface area (Å²) in [6.07, 6.45) is 3.87. The smallest absolute Gasteiger partial charge is 0.162 e. The van der Waals surface area contributed by atoms with E-state index in [9.17, 15) is 0 Å². The predicted molar refractivity (Wildman–Crippen MR) is 83.9 cm³/mol. The number of nitrogens with one attached hydrogen (secondary N) is 1. The molecule has 0 heterocycles. The Morgan fingerprint density at radius 2 is 1.70 bits per heavy atom. The summed E-state index contributed by atoms with van der Waals surface area (Å²) < 4.78 is 10.7. The average molecular weight is 277 g/mol. The summed E-state index contributed by atoms with van der Waals surface area (Å²) in [6.45, 7) is 6.82. The van der Waals surface area contributed by atoms with Crippen LogP contribution in [0, 0.1) is 18.8 Å². The van der Waals surface area contributed by atoms with Crippen molar-refractivity contribution in [1.29, 1.82) is 0 Å². The van der Waals surface area contributed by atoms with Gasteiger partial charge in [-0.1, -0.05) is 13.8 Å². The van der Waals surface area contributed by atoms with E-state index < -0.39 is 0 Å². The van der Waals surface area contributed by atoms with Crippen LogP contribution in [0.5, 0.6) is 11.5 Å². The zero-order valence-corrected chi connectivity index (χ0v) is 13.3. The van der Waals surface area contributed by atoms with Crippen molar-refractivity contribution in [3.8, 4) is 11.5 Å². The van der Waals surface area contributed by atoms with Gasteiger partial charge in [-0.2, -0.15) is 0 Å². The zero-order valence-electron chi connectivity index (χ0n) is 13.3. The second kappa shape index (κ2) is 6.38. The molecule has 0 saturated heterocycles. The number of hydrogen-bond acceptors (Lipinski definition) is 3. The molecule has 0 aromatic heterocycles. The maximum atomic E-state index is 5.40. The first kappa shape index (κ1) is 15.0. The van der Waals surface area contributed by atoms with E-state index in [0.29, 0.717) is 12.0 Å². The minimum Gasteiger partial charge on any atom is -0.493 e. The van der Waals surface area contributed by atoms with E-state index in [4.69, 9.17) is 9.47 Å². The Labute approximate surface area is 122 Å². The number of aryl methyl sites for hydroxylation is 1. The molecule has 20 heavy (non-hydrogen) atoms. The minimum absolute atomic E-state index is 0.558. The normalized spacial score (nSPS) is 26.1. The lowest BCUT2D eigenvalue weighted by Crippen LogP contribution is -2.33. The average Bonchev–Trinajstić information content (AvgIpc) is 2.43. The molecule has 0 aliphatic heterocycles. The van der Waals surface area contributed by atoms with Crippen LogP contribution in [0.15, 0.2) is 12.1 Å². The molecular formula is C17H27NO2. The van der Waals surface area contributed by atoms with E-state index in [2.05, 4.69) is 32.2 Å². The third kappa shape index (κ3) is 3.20. The van der Waals surface area contributed by atoms with Crippen LogP contribution in [0.25, 0.3) is 0 Å². The fourth-order valence-electron chi connectivity index (χ4n) is 3.22. The van der Waals surface area contributed by atoms with E-state index in [-0.39, 0.29) is 0 Å². The lowest BCUT2D eigenvalue weighted by molar-refractivity contribution is 0.276. The number of methoxy groups -OCH3 is 2. The lowest BCUT2D eigenvalue weighted by atomic mass is 9.80. The van der Waals surface area contributed by atoms with Crippen LogP contribution >= 0.6 is 0 Å². The van der Waals surface area contributed by atoms with Gasteiger partial charge in [-0.25, -0.2) is 0 Å². The quantitative estimate of drug-likeness (QED) is 0.892. The third-order valence-corrected chi connectivity index (χ3v) is 4.50. The molecule has 1 aromatic rings. The molecule has 3 heteroatoms. The number of ether oxygens (including phenoxy) is 2. The van der Waals surface area contributed by atoms with Crippen molar-refractivity contribution in [2.24, 2.45) is 11.8 Å². The molecule has 3 unspecified atom stereocenters. The number of benzene rings is 1. The highest BCUT2D eigenvalue weighted by molar-refractivity contribution is 5.60. The van der Waals surface area contributed by atoms with Gasteiger partial charge in [-0.15, -0.1) is 0 Å². The van der Waals surface area contributed by atoms with Gasteiger partial charge in [0.1, 0.15) is 0 Å². The molecule has 1 N–H and O–H groups in total. The number of rotatable bonds is 4. The summed E-state index contributed by atoms with van der Waals surface area (Å²) in [6, 6.07) is 4.65. The van der Waals surface area contributed by atoms with Crippen LogP contribution in [0.1, 0.15) is 38.7 Å². The highest BCUT2D eigenvalue weighted by Gasteiger charge is 2.25. The van der Waals surface area contributed by atoms with Crippen LogP contribution in [0.2, 0.25) is 0 Å². The Morgan fingerprint density at radius 1 is 1.05 bits per heavy atom. The third-order valence-electron chi connectivity index (χ3n) is 4.50. The minimum atomic E-state index is 0.558. The van der Waals surface area contributed by atoms with Gasteiger partial charge in [-0.3, -0.25) is 0 Å². The van der Waals surface area contributed by atoms with Crippen molar-refractivity contribution in [1.82, 2.24) is 0 Å². The Kier molecular flexibility index (Phi) is 4.79. The molecular weight excluding hydrogens is 250 g/mol.